The molecular weight excluding hydrogens is 295 g/mol. The predicted octanol–water partition coefficient (Wildman–Crippen LogP) is 5.18. The molecule has 0 fully saturated rings. The van der Waals surface area contributed by atoms with E-state index in [0.717, 1.165) is 10.0 Å². The summed E-state index contributed by atoms with van der Waals surface area (Å²) in [7, 11) is 0. The summed E-state index contributed by atoms with van der Waals surface area (Å²) in [6, 6.07) is 13.2. The molecule has 22 heavy (non-hydrogen) atoms. The smallest absolute Gasteiger partial charge is 0.183 e. The number of benzene rings is 2. The van der Waals surface area contributed by atoms with Gasteiger partial charge in [-0.3, -0.25) is 0 Å². The molecule has 1 aromatic heterocycles. The van der Waals surface area contributed by atoms with Gasteiger partial charge in [-0.15, -0.1) is 0 Å². The molecule has 0 saturated heterocycles. The SMILES string of the molecule is Cc1ccc(-c2cnc(NCc3ccccc3F)s2)c(C)c1. The minimum atomic E-state index is -0.193. The Kier molecular flexibility index (Phi) is 4.20. The highest BCUT2D eigenvalue weighted by atomic mass is 32.1. The number of rotatable bonds is 4. The quantitative estimate of drug-likeness (QED) is 0.718. The summed E-state index contributed by atoms with van der Waals surface area (Å²) >= 11 is 1.59. The summed E-state index contributed by atoms with van der Waals surface area (Å²) in [4.78, 5) is 5.50. The third-order valence-corrected chi connectivity index (χ3v) is 4.53. The van der Waals surface area contributed by atoms with E-state index in [1.807, 2.05) is 12.3 Å². The van der Waals surface area contributed by atoms with Crippen molar-refractivity contribution in [3.8, 4) is 10.4 Å². The molecule has 112 valence electrons. The van der Waals surface area contributed by atoms with Crippen molar-refractivity contribution in [1.82, 2.24) is 4.98 Å². The van der Waals surface area contributed by atoms with Crippen LogP contribution in [0.25, 0.3) is 10.4 Å². The Morgan fingerprint density at radius 3 is 2.73 bits per heavy atom. The molecule has 0 unspecified atom stereocenters. The largest absolute Gasteiger partial charge is 0.357 e. The van der Waals surface area contributed by atoms with Gasteiger partial charge in [0.15, 0.2) is 5.13 Å². The maximum Gasteiger partial charge on any atom is 0.183 e. The molecule has 0 bridgehead atoms. The zero-order valence-corrected chi connectivity index (χ0v) is 13.4. The van der Waals surface area contributed by atoms with Gasteiger partial charge in [0.2, 0.25) is 0 Å². The maximum atomic E-state index is 13.6. The zero-order valence-electron chi connectivity index (χ0n) is 12.6. The van der Waals surface area contributed by atoms with Crippen molar-refractivity contribution >= 4 is 16.5 Å². The summed E-state index contributed by atoms with van der Waals surface area (Å²) in [5, 5.41) is 3.99. The normalized spacial score (nSPS) is 10.7. The number of halogens is 1. The second-order valence-electron chi connectivity index (χ2n) is 5.29. The van der Waals surface area contributed by atoms with E-state index in [0.29, 0.717) is 12.1 Å². The molecule has 2 nitrogen and oxygen atoms in total. The van der Waals surface area contributed by atoms with Gasteiger partial charge in [0.1, 0.15) is 5.82 Å². The summed E-state index contributed by atoms with van der Waals surface area (Å²) in [5.74, 6) is -0.193. The lowest BCUT2D eigenvalue weighted by atomic mass is 10.1. The van der Waals surface area contributed by atoms with Crippen molar-refractivity contribution in [2.75, 3.05) is 5.32 Å². The molecule has 3 aromatic rings. The number of aromatic nitrogens is 1. The predicted molar refractivity (Wildman–Crippen MR) is 90.8 cm³/mol. The summed E-state index contributed by atoms with van der Waals surface area (Å²) in [5.41, 5.74) is 4.33. The second kappa shape index (κ2) is 6.28. The van der Waals surface area contributed by atoms with E-state index in [1.54, 1.807) is 23.5 Å². The zero-order chi connectivity index (χ0) is 15.5. The average molecular weight is 312 g/mol. The molecule has 0 radical (unpaired) electrons. The second-order valence-corrected chi connectivity index (χ2v) is 6.32. The Hall–Kier alpha value is -2.20. The van der Waals surface area contributed by atoms with Crippen LogP contribution >= 0.6 is 11.3 Å². The van der Waals surface area contributed by atoms with Crippen LogP contribution in [0.15, 0.2) is 48.7 Å². The molecule has 0 aliphatic heterocycles. The van der Waals surface area contributed by atoms with Crippen molar-refractivity contribution < 1.29 is 4.39 Å². The molecule has 0 saturated carbocycles. The fourth-order valence-corrected chi connectivity index (χ4v) is 3.29. The van der Waals surface area contributed by atoms with E-state index in [9.17, 15) is 4.39 Å². The Labute approximate surface area is 133 Å². The average Bonchev–Trinajstić information content (AvgIpc) is 2.95. The van der Waals surface area contributed by atoms with Gasteiger partial charge in [-0.05, 0) is 31.0 Å². The van der Waals surface area contributed by atoms with Crippen molar-refractivity contribution in [2.24, 2.45) is 0 Å². The minimum absolute atomic E-state index is 0.193. The van der Waals surface area contributed by atoms with Gasteiger partial charge in [-0.25, -0.2) is 9.37 Å². The van der Waals surface area contributed by atoms with Crippen LogP contribution in [0.5, 0.6) is 0 Å². The third kappa shape index (κ3) is 3.17. The number of anilines is 1. The van der Waals surface area contributed by atoms with E-state index in [1.165, 1.54) is 22.8 Å². The first-order chi connectivity index (χ1) is 10.6. The van der Waals surface area contributed by atoms with Crippen LogP contribution in [-0.2, 0) is 6.54 Å². The van der Waals surface area contributed by atoms with E-state index >= 15 is 0 Å². The van der Waals surface area contributed by atoms with Crippen LogP contribution in [0.1, 0.15) is 16.7 Å². The first-order valence-corrected chi connectivity index (χ1v) is 7.96. The van der Waals surface area contributed by atoms with Gasteiger partial charge in [0.05, 0.1) is 4.88 Å². The third-order valence-electron chi connectivity index (χ3n) is 3.54. The Morgan fingerprint density at radius 1 is 1.14 bits per heavy atom. The molecule has 0 amide bonds. The van der Waals surface area contributed by atoms with Crippen molar-refractivity contribution in [3.05, 3.63) is 71.2 Å². The molecule has 3 rings (SSSR count). The number of thiazole rings is 1. The molecule has 2 aromatic carbocycles. The van der Waals surface area contributed by atoms with Crippen molar-refractivity contribution in [2.45, 2.75) is 20.4 Å². The van der Waals surface area contributed by atoms with E-state index in [-0.39, 0.29) is 5.82 Å². The Balaban J connectivity index is 1.75. The summed E-state index contributed by atoms with van der Waals surface area (Å²) in [6.07, 6.45) is 1.87. The number of hydrogen-bond acceptors (Lipinski definition) is 3. The van der Waals surface area contributed by atoms with Gasteiger partial charge in [0, 0.05) is 18.3 Å². The van der Waals surface area contributed by atoms with Crippen LogP contribution < -0.4 is 5.32 Å². The Morgan fingerprint density at radius 2 is 1.95 bits per heavy atom. The summed E-state index contributed by atoms with van der Waals surface area (Å²) < 4.78 is 13.6. The summed E-state index contributed by atoms with van der Waals surface area (Å²) in [6.45, 7) is 4.63. The molecule has 0 spiro atoms. The first-order valence-electron chi connectivity index (χ1n) is 7.14. The van der Waals surface area contributed by atoms with E-state index < -0.39 is 0 Å². The van der Waals surface area contributed by atoms with Crippen molar-refractivity contribution in [1.29, 1.82) is 0 Å². The van der Waals surface area contributed by atoms with Crippen LogP contribution in [-0.4, -0.2) is 4.98 Å². The Bertz CT molecular complexity index is 795. The molecule has 0 aliphatic carbocycles. The lowest BCUT2D eigenvalue weighted by Gasteiger charge is -2.04. The van der Waals surface area contributed by atoms with E-state index in [4.69, 9.17) is 0 Å². The monoisotopic (exact) mass is 312 g/mol. The fourth-order valence-electron chi connectivity index (χ4n) is 2.38. The first kappa shape index (κ1) is 14.7. The van der Waals surface area contributed by atoms with Crippen LogP contribution in [0.2, 0.25) is 0 Å². The molecular formula is C18H17FN2S. The van der Waals surface area contributed by atoms with Gasteiger partial charge < -0.3 is 5.32 Å². The van der Waals surface area contributed by atoms with Gasteiger partial charge >= 0.3 is 0 Å². The number of hydrogen-bond donors (Lipinski definition) is 1. The van der Waals surface area contributed by atoms with Crippen LogP contribution in [0.3, 0.4) is 0 Å². The topological polar surface area (TPSA) is 24.9 Å². The highest BCUT2D eigenvalue weighted by molar-refractivity contribution is 7.18. The van der Waals surface area contributed by atoms with Gasteiger partial charge in [0.25, 0.3) is 0 Å². The number of aryl methyl sites for hydroxylation is 2. The molecule has 0 aliphatic rings. The fraction of sp³-hybridized carbons (Fsp3) is 0.167. The number of nitrogens with zero attached hydrogens (tertiary/aromatic N) is 1. The highest BCUT2D eigenvalue weighted by Crippen LogP contribution is 2.31. The lowest BCUT2D eigenvalue weighted by Crippen LogP contribution is -2.00. The number of nitrogens with one attached hydrogen (secondary N) is 1. The minimum Gasteiger partial charge on any atom is -0.357 e. The lowest BCUT2D eigenvalue weighted by molar-refractivity contribution is 0.613. The maximum absolute atomic E-state index is 13.6. The van der Waals surface area contributed by atoms with Crippen LogP contribution in [0, 0.1) is 19.7 Å². The molecule has 1 N–H and O–H groups in total. The van der Waals surface area contributed by atoms with Crippen LogP contribution in [0.4, 0.5) is 9.52 Å². The highest BCUT2D eigenvalue weighted by Gasteiger charge is 2.08. The van der Waals surface area contributed by atoms with Gasteiger partial charge in [-0.2, -0.15) is 0 Å². The molecule has 1 heterocycles. The molecule has 4 heteroatoms. The molecule has 0 atom stereocenters. The van der Waals surface area contributed by atoms with Crippen molar-refractivity contribution in [3.63, 3.8) is 0 Å². The van der Waals surface area contributed by atoms with Gasteiger partial charge in [-0.1, -0.05) is 53.3 Å². The van der Waals surface area contributed by atoms with E-state index in [2.05, 4.69) is 42.3 Å². The standard InChI is InChI=1S/C18H17FN2S/c1-12-7-8-15(13(2)9-12)17-11-21-18(22-17)20-10-14-5-3-4-6-16(14)19/h3-9,11H,10H2,1-2H3,(H,20,21).